The molecule has 0 bridgehead atoms. The van der Waals surface area contributed by atoms with E-state index in [9.17, 15) is 4.79 Å². The zero-order valence-electron chi connectivity index (χ0n) is 34.2. The van der Waals surface area contributed by atoms with Crippen molar-refractivity contribution in [1.29, 1.82) is 5.26 Å². The van der Waals surface area contributed by atoms with Crippen LogP contribution in [0.15, 0.2) is 64.1 Å². The van der Waals surface area contributed by atoms with Gasteiger partial charge in [0.2, 0.25) is 5.88 Å². The number of halogens is 1. The van der Waals surface area contributed by atoms with Gasteiger partial charge in [-0.2, -0.15) is 5.26 Å². The molecule has 3 aromatic heterocycles. The Morgan fingerprint density at radius 1 is 1.02 bits per heavy atom. The summed E-state index contributed by atoms with van der Waals surface area (Å²) in [6, 6.07) is 15.1. The van der Waals surface area contributed by atoms with Gasteiger partial charge in [-0.05, 0) is 132 Å². The van der Waals surface area contributed by atoms with Crippen LogP contribution in [0.5, 0.6) is 11.6 Å². The first-order valence-electron chi connectivity index (χ1n) is 21.3. The minimum Gasteiger partial charge on any atom is -0.490 e. The number of hydrogen-bond acceptors (Lipinski definition) is 12. The molecule has 10 rings (SSSR count). The zero-order valence-corrected chi connectivity index (χ0v) is 35.8. The average molecular weight is 845 g/mol. The number of carbonyl (C=O) groups excluding carboxylic acids is 1. The number of thioether (sulfide) groups is 1. The van der Waals surface area contributed by atoms with Crippen LogP contribution in [0.4, 0.5) is 5.82 Å². The fourth-order valence-corrected chi connectivity index (χ4v) is 12.0. The number of hydrogen-bond donors (Lipinski definition) is 1. The van der Waals surface area contributed by atoms with Crippen molar-refractivity contribution in [2.24, 2.45) is 22.2 Å². The third-order valence-corrected chi connectivity index (χ3v) is 15.4. The highest BCUT2D eigenvalue weighted by Gasteiger charge is 2.54. The van der Waals surface area contributed by atoms with Crippen molar-refractivity contribution in [2.75, 3.05) is 24.6 Å². The molecule has 0 radical (unpaired) electrons. The third kappa shape index (κ3) is 7.31. The molecule has 3 aliphatic heterocycles. The van der Waals surface area contributed by atoms with Crippen LogP contribution >= 0.6 is 23.4 Å². The SMILES string of the molecule is CC1=C(C)C2C(c3ccc(OCC4CC5(CCCN(c6ccc(C(=O)N[C@H]7CC[C@H](Oc8ccc(C#N)c(Cl)c8)CC7)nn6)C5)C4)nc3)=NC3(CC3)c3nnc(C)n3C2S1. The van der Waals surface area contributed by atoms with Gasteiger partial charge in [0.1, 0.15) is 23.2 Å². The van der Waals surface area contributed by atoms with E-state index >= 15 is 0 Å². The molecule has 3 aliphatic carbocycles. The topological polar surface area (TPSA) is 156 Å². The average Bonchev–Trinajstić information content (AvgIpc) is 3.86. The summed E-state index contributed by atoms with van der Waals surface area (Å²) in [5.41, 5.74) is 4.23. The standard InChI is InChI=1S/C45H49ClN10O3S/c1-26-27(2)60-42-39(26)40(50-45(16-17-45)43-54-51-28(3)56(42)43)31-6-14-38(48-23-31)58-24-29-20-44(21-29)15-4-18-55(25-44)37-13-12-36(52-53-37)41(57)49-32-7-10-33(11-8-32)59-34-9-5-30(22-47)35(46)19-34/h5-6,9,12-14,19,23,29,32-33,39,42H,4,7-8,10-11,15-18,20-21,24-25H2,1-3H3,(H,49,57)/t29?,32-,33-,39?,42?,44?. The second kappa shape index (κ2) is 15.5. The van der Waals surface area contributed by atoms with Gasteiger partial charge in [0.15, 0.2) is 17.3 Å². The molecule has 60 heavy (non-hydrogen) atoms. The van der Waals surface area contributed by atoms with Crippen molar-refractivity contribution in [3.05, 3.63) is 92.6 Å². The molecule has 1 amide bonds. The molecule has 2 unspecified atom stereocenters. The first-order valence-corrected chi connectivity index (χ1v) is 22.6. The van der Waals surface area contributed by atoms with Crippen LogP contribution in [0.3, 0.4) is 0 Å². The van der Waals surface area contributed by atoms with Crippen LogP contribution in [-0.2, 0) is 5.54 Å². The maximum absolute atomic E-state index is 13.1. The van der Waals surface area contributed by atoms with Gasteiger partial charge in [-0.25, -0.2) is 4.98 Å². The largest absolute Gasteiger partial charge is 0.490 e. The quantitative estimate of drug-likeness (QED) is 0.174. The number of aliphatic imine (C=N–C) groups is 1. The summed E-state index contributed by atoms with van der Waals surface area (Å²) in [7, 11) is 0. The van der Waals surface area contributed by atoms with Crippen LogP contribution in [0.1, 0.15) is 117 Å². The second-order valence-electron chi connectivity index (χ2n) is 17.8. The Morgan fingerprint density at radius 3 is 2.57 bits per heavy atom. The maximum atomic E-state index is 13.1. The third-order valence-electron chi connectivity index (χ3n) is 13.7. The first-order chi connectivity index (χ1) is 29.1. The Labute approximate surface area is 359 Å². The summed E-state index contributed by atoms with van der Waals surface area (Å²) < 4.78 is 14.8. The highest BCUT2D eigenvalue weighted by Crippen LogP contribution is 2.58. The Morgan fingerprint density at radius 2 is 1.85 bits per heavy atom. The van der Waals surface area contributed by atoms with Gasteiger partial charge in [0, 0.05) is 43.0 Å². The Kier molecular flexibility index (Phi) is 10.1. The Bertz CT molecular complexity index is 2410. The van der Waals surface area contributed by atoms with E-state index in [4.69, 9.17) is 36.3 Å². The van der Waals surface area contributed by atoms with Gasteiger partial charge in [-0.15, -0.1) is 32.2 Å². The Hall–Kier alpha value is -5.00. The van der Waals surface area contributed by atoms with Gasteiger partial charge < -0.3 is 19.7 Å². The lowest BCUT2D eigenvalue weighted by molar-refractivity contribution is 0.0103. The molecule has 310 valence electrons. The van der Waals surface area contributed by atoms with Crippen molar-refractivity contribution in [1.82, 2.24) is 35.3 Å². The number of carbonyl (C=O) groups is 1. The molecule has 15 heteroatoms. The molecule has 4 fully saturated rings. The number of pyridine rings is 1. The van der Waals surface area contributed by atoms with E-state index in [1.165, 1.54) is 16.9 Å². The second-order valence-corrected chi connectivity index (χ2v) is 19.5. The van der Waals surface area contributed by atoms with Crippen molar-refractivity contribution in [3.63, 3.8) is 0 Å². The molecule has 2 atom stereocenters. The summed E-state index contributed by atoms with van der Waals surface area (Å²) >= 11 is 8.07. The molecule has 1 aromatic carbocycles. The van der Waals surface area contributed by atoms with Crippen molar-refractivity contribution in [3.8, 4) is 17.7 Å². The molecule has 3 saturated carbocycles. The molecule has 1 N–H and O–H groups in total. The normalized spacial score (nSPS) is 27.6. The molecule has 4 aromatic rings. The van der Waals surface area contributed by atoms with E-state index in [2.05, 4.69) is 68.1 Å². The number of nitrogens with one attached hydrogen (secondary N) is 1. The summed E-state index contributed by atoms with van der Waals surface area (Å²) in [5.74, 6) is 4.51. The van der Waals surface area contributed by atoms with Crippen LogP contribution < -0.4 is 19.7 Å². The lowest BCUT2D eigenvalue weighted by Crippen LogP contribution is -2.51. The summed E-state index contributed by atoms with van der Waals surface area (Å²) in [6.07, 6.45) is 11.7. The van der Waals surface area contributed by atoms with E-state index < -0.39 is 0 Å². The lowest BCUT2D eigenvalue weighted by Gasteiger charge is -2.53. The summed E-state index contributed by atoms with van der Waals surface area (Å²) in [5, 5.41) is 30.8. The van der Waals surface area contributed by atoms with Crippen molar-refractivity contribution >= 4 is 40.8 Å². The van der Waals surface area contributed by atoms with E-state index in [1.54, 1.807) is 24.3 Å². The van der Waals surface area contributed by atoms with Gasteiger partial charge >= 0.3 is 0 Å². The summed E-state index contributed by atoms with van der Waals surface area (Å²) in [4.78, 5) is 27.0. The van der Waals surface area contributed by atoms with Gasteiger partial charge in [-0.3, -0.25) is 14.4 Å². The number of anilines is 1. The number of allylic oxidation sites excluding steroid dienone is 2. The zero-order chi connectivity index (χ0) is 41.2. The van der Waals surface area contributed by atoms with E-state index in [0.29, 0.717) is 40.4 Å². The number of piperidine rings is 1. The van der Waals surface area contributed by atoms with E-state index in [1.807, 2.05) is 30.1 Å². The number of amides is 1. The fraction of sp³-hybridized carbons (Fsp3) is 0.511. The number of nitriles is 1. The van der Waals surface area contributed by atoms with Gasteiger partial charge in [0.05, 0.1) is 40.3 Å². The monoisotopic (exact) mass is 844 g/mol. The number of fused-ring (bicyclic) bond motifs is 4. The molecule has 6 heterocycles. The van der Waals surface area contributed by atoms with Gasteiger partial charge in [0.25, 0.3) is 5.91 Å². The highest BCUT2D eigenvalue weighted by molar-refractivity contribution is 8.03. The molecular weight excluding hydrogens is 796 g/mol. The van der Waals surface area contributed by atoms with Crippen LogP contribution in [0.2, 0.25) is 5.02 Å². The number of aromatic nitrogens is 6. The number of rotatable bonds is 9. The van der Waals surface area contributed by atoms with Crippen molar-refractivity contribution in [2.45, 2.75) is 108 Å². The molecule has 1 saturated heterocycles. The minimum atomic E-state index is -0.281. The minimum absolute atomic E-state index is 0.0343. The van der Waals surface area contributed by atoms with Crippen molar-refractivity contribution < 1.29 is 14.3 Å². The molecule has 6 aliphatic rings. The highest BCUT2D eigenvalue weighted by atomic mass is 35.5. The number of benzene rings is 1. The molecule has 2 spiro atoms. The van der Waals surface area contributed by atoms with E-state index in [-0.39, 0.29) is 40.3 Å². The number of aryl methyl sites for hydroxylation is 1. The molecular formula is C45H49ClN10O3S. The van der Waals surface area contributed by atoms with Crippen LogP contribution in [0, 0.1) is 35.5 Å². The number of nitrogens with zero attached hydrogens (tertiary/aromatic N) is 9. The summed E-state index contributed by atoms with van der Waals surface area (Å²) in [6.45, 7) is 9.02. The van der Waals surface area contributed by atoms with Gasteiger partial charge in [-0.1, -0.05) is 17.2 Å². The van der Waals surface area contributed by atoms with Crippen LogP contribution in [-0.4, -0.2) is 73.4 Å². The fourth-order valence-electron chi connectivity index (χ4n) is 10.2. The smallest absolute Gasteiger partial charge is 0.272 e. The predicted molar refractivity (Wildman–Crippen MR) is 229 cm³/mol. The first kappa shape index (κ1) is 39.2. The Balaban J connectivity index is 0.699. The number of ether oxygens (including phenoxy) is 2. The lowest BCUT2D eigenvalue weighted by atomic mass is 9.58. The van der Waals surface area contributed by atoms with Crippen LogP contribution in [0.25, 0.3) is 0 Å². The predicted octanol–water partition coefficient (Wildman–Crippen LogP) is 8.14. The maximum Gasteiger partial charge on any atom is 0.272 e. The van der Waals surface area contributed by atoms with E-state index in [0.717, 1.165) is 99.6 Å². The molecule has 13 nitrogen and oxygen atoms in total.